The van der Waals surface area contributed by atoms with Crippen molar-refractivity contribution in [2.75, 3.05) is 6.61 Å². The van der Waals surface area contributed by atoms with E-state index in [1.165, 1.54) is 18.0 Å². The van der Waals surface area contributed by atoms with Crippen molar-refractivity contribution in [1.82, 2.24) is 4.98 Å². The summed E-state index contributed by atoms with van der Waals surface area (Å²) in [6.45, 7) is 0.376. The van der Waals surface area contributed by atoms with Crippen molar-refractivity contribution in [3.8, 4) is 0 Å². The van der Waals surface area contributed by atoms with E-state index in [0.717, 1.165) is 10.5 Å². The van der Waals surface area contributed by atoms with E-state index in [0.29, 0.717) is 40.2 Å². The number of hydrogen-bond donors (Lipinski definition) is 1. The molecule has 2 aromatic carbocycles. The molecule has 154 valence electrons. The molecule has 1 heterocycles. The first-order chi connectivity index (χ1) is 14.5. The fraction of sp³-hybridized carbons (Fsp3) is 0.130. The fourth-order valence-electron chi connectivity index (χ4n) is 2.66. The molecule has 3 rings (SSSR count). The second kappa shape index (κ2) is 11.1. The zero-order chi connectivity index (χ0) is 21.3. The van der Waals surface area contributed by atoms with E-state index in [-0.39, 0.29) is 5.57 Å². The standard InChI is InChI=1S/C23H19Cl2NO3S/c24-19-9-5-10-20(25)22(19)30-15-17-8-4-11-21(26-17)18(23(27)28)14-29-13-12-16-6-2-1-3-7-16/h1-11,14H,12-13,15H2,(H,27,28). The largest absolute Gasteiger partial charge is 0.500 e. The van der Waals surface area contributed by atoms with Crippen LogP contribution in [-0.4, -0.2) is 22.7 Å². The average molecular weight is 460 g/mol. The molecular weight excluding hydrogens is 441 g/mol. The molecule has 0 aliphatic carbocycles. The number of aromatic nitrogens is 1. The third-order valence-electron chi connectivity index (χ3n) is 4.15. The van der Waals surface area contributed by atoms with E-state index in [9.17, 15) is 9.90 Å². The lowest BCUT2D eigenvalue weighted by molar-refractivity contribution is -0.130. The van der Waals surface area contributed by atoms with Crippen LogP contribution in [0.25, 0.3) is 5.57 Å². The predicted octanol–water partition coefficient (Wildman–Crippen LogP) is 6.37. The van der Waals surface area contributed by atoms with Gasteiger partial charge in [0.1, 0.15) is 5.57 Å². The second-order valence-corrected chi connectivity index (χ2v) is 8.10. The van der Waals surface area contributed by atoms with Crippen LogP contribution >= 0.6 is 35.0 Å². The minimum atomic E-state index is -1.10. The lowest BCUT2D eigenvalue weighted by Crippen LogP contribution is -2.05. The van der Waals surface area contributed by atoms with Gasteiger partial charge in [0.05, 0.1) is 34.3 Å². The Bertz CT molecular complexity index is 1020. The SMILES string of the molecule is O=C(O)C(=COCCc1ccccc1)c1cccc(CSc2c(Cl)cccc2Cl)n1. The third-order valence-corrected chi connectivity index (χ3v) is 6.17. The highest BCUT2D eigenvalue weighted by molar-refractivity contribution is 7.98. The van der Waals surface area contributed by atoms with Gasteiger partial charge in [-0.25, -0.2) is 4.79 Å². The summed E-state index contributed by atoms with van der Waals surface area (Å²) < 4.78 is 5.49. The number of halogens is 2. The summed E-state index contributed by atoms with van der Waals surface area (Å²) in [5.74, 6) is -0.597. The van der Waals surface area contributed by atoms with E-state index >= 15 is 0 Å². The maximum absolute atomic E-state index is 11.7. The summed E-state index contributed by atoms with van der Waals surface area (Å²) in [6.07, 6.45) is 1.95. The van der Waals surface area contributed by atoms with E-state index in [4.69, 9.17) is 27.9 Å². The molecule has 0 bridgehead atoms. The van der Waals surface area contributed by atoms with Gasteiger partial charge in [-0.05, 0) is 29.8 Å². The average Bonchev–Trinajstić information content (AvgIpc) is 2.74. The van der Waals surface area contributed by atoms with E-state index < -0.39 is 5.97 Å². The Morgan fingerprint density at radius 2 is 1.70 bits per heavy atom. The van der Waals surface area contributed by atoms with Gasteiger partial charge in [-0.2, -0.15) is 0 Å². The number of carboxylic acid groups (broad SMARTS) is 1. The molecule has 0 spiro atoms. The number of ether oxygens (including phenoxy) is 1. The second-order valence-electron chi connectivity index (χ2n) is 6.30. The first-order valence-corrected chi connectivity index (χ1v) is 10.9. The van der Waals surface area contributed by atoms with Gasteiger partial charge in [0.15, 0.2) is 0 Å². The number of carbonyl (C=O) groups is 1. The normalized spacial score (nSPS) is 11.3. The highest BCUT2D eigenvalue weighted by Gasteiger charge is 2.14. The predicted molar refractivity (Wildman–Crippen MR) is 122 cm³/mol. The topological polar surface area (TPSA) is 59.4 Å². The molecule has 0 aliphatic heterocycles. The molecule has 3 aromatic rings. The van der Waals surface area contributed by atoms with Crippen molar-refractivity contribution in [3.63, 3.8) is 0 Å². The summed E-state index contributed by atoms with van der Waals surface area (Å²) in [7, 11) is 0. The van der Waals surface area contributed by atoms with Crippen molar-refractivity contribution < 1.29 is 14.6 Å². The Balaban J connectivity index is 1.67. The van der Waals surface area contributed by atoms with Crippen LogP contribution in [0.15, 0.2) is 77.9 Å². The molecule has 0 unspecified atom stereocenters. The van der Waals surface area contributed by atoms with Crippen LogP contribution in [0.4, 0.5) is 0 Å². The summed E-state index contributed by atoms with van der Waals surface area (Å²) in [5.41, 5.74) is 2.18. The smallest absolute Gasteiger partial charge is 0.341 e. The number of hydrogen-bond acceptors (Lipinski definition) is 4. The minimum absolute atomic E-state index is 0.00527. The number of pyridine rings is 1. The number of aliphatic carboxylic acids is 1. The zero-order valence-electron chi connectivity index (χ0n) is 15.9. The molecule has 1 aromatic heterocycles. The highest BCUT2D eigenvalue weighted by atomic mass is 35.5. The van der Waals surface area contributed by atoms with Crippen molar-refractivity contribution >= 4 is 46.5 Å². The third kappa shape index (κ3) is 6.26. The number of carboxylic acids is 1. The molecule has 7 heteroatoms. The first-order valence-electron chi connectivity index (χ1n) is 9.16. The number of benzene rings is 2. The van der Waals surface area contributed by atoms with Crippen molar-refractivity contribution in [3.05, 3.63) is 100.0 Å². The highest BCUT2D eigenvalue weighted by Crippen LogP contribution is 2.35. The molecule has 0 amide bonds. The molecule has 30 heavy (non-hydrogen) atoms. The Morgan fingerprint density at radius 3 is 2.40 bits per heavy atom. The maximum atomic E-state index is 11.7. The molecule has 0 saturated carbocycles. The number of rotatable bonds is 9. The molecular formula is C23H19Cl2NO3S. The van der Waals surface area contributed by atoms with Gasteiger partial charge in [-0.15, -0.1) is 11.8 Å². The van der Waals surface area contributed by atoms with E-state index in [2.05, 4.69) is 4.98 Å². The minimum Gasteiger partial charge on any atom is -0.500 e. The molecule has 1 N–H and O–H groups in total. The first kappa shape index (κ1) is 22.2. The lowest BCUT2D eigenvalue weighted by atomic mass is 10.1. The van der Waals surface area contributed by atoms with Crippen LogP contribution in [0.5, 0.6) is 0 Å². The zero-order valence-corrected chi connectivity index (χ0v) is 18.3. The van der Waals surface area contributed by atoms with Crippen LogP contribution < -0.4 is 0 Å². The Kier molecular flexibility index (Phi) is 8.20. The Hall–Kier alpha value is -2.47. The van der Waals surface area contributed by atoms with Crippen molar-refractivity contribution in [1.29, 1.82) is 0 Å². The maximum Gasteiger partial charge on any atom is 0.341 e. The number of nitrogens with zero attached hydrogens (tertiary/aromatic N) is 1. The van der Waals surface area contributed by atoms with E-state index in [1.807, 2.05) is 36.4 Å². The van der Waals surface area contributed by atoms with Gasteiger partial charge in [-0.1, -0.05) is 65.7 Å². The summed E-state index contributed by atoms with van der Waals surface area (Å²) in [4.78, 5) is 17.0. The van der Waals surface area contributed by atoms with Crippen LogP contribution in [0.1, 0.15) is 17.0 Å². The Labute approximate surface area is 189 Å². The summed E-state index contributed by atoms with van der Waals surface area (Å²) >= 11 is 13.9. The number of thioether (sulfide) groups is 1. The quantitative estimate of drug-likeness (QED) is 0.174. The van der Waals surface area contributed by atoms with Gasteiger partial charge in [-0.3, -0.25) is 4.98 Å². The van der Waals surface area contributed by atoms with Crippen LogP contribution in [0.3, 0.4) is 0 Å². The molecule has 4 nitrogen and oxygen atoms in total. The van der Waals surface area contributed by atoms with Crippen LogP contribution in [-0.2, 0) is 21.7 Å². The van der Waals surface area contributed by atoms with Gasteiger partial charge in [0.2, 0.25) is 0 Å². The molecule has 0 saturated heterocycles. The van der Waals surface area contributed by atoms with Crippen molar-refractivity contribution in [2.24, 2.45) is 0 Å². The van der Waals surface area contributed by atoms with Gasteiger partial charge in [0, 0.05) is 17.1 Å². The molecule has 0 fully saturated rings. The fourth-order valence-corrected chi connectivity index (χ4v) is 4.25. The van der Waals surface area contributed by atoms with Crippen molar-refractivity contribution in [2.45, 2.75) is 17.1 Å². The lowest BCUT2D eigenvalue weighted by Gasteiger charge is -2.08. The van der Waals surface area contributed by atoms with Gasteiger partial charge in [0.25, 0.3) is 0 Å². The molecule has 0 radical (unpaired) electrons. The summed E-state index contributed by atoms with van der Waals surface area (Å²) in [6, 6.07) is 20.4. The van der Waals surface area contributed by atoms with Crippen LogP contribution in [0.2, 0.25) is 10.0 Å². The molecule has 0 atom stereocenters. The monoisotopic (exact) mass is 459 g/mol. The van der Waals surface area contributed by atoms with Gasteiger partial charge >= 0.3 is 5.97 Å². The summed E-state index contributed by atoms with van der Waals surface area (Å²) in [5, 5.41) is 10.7. The van der Waals surface area contributed by atoms with E-state index in [1.54, 1.807) is 30.3 Å². The van der Waals surface area contributed by atoms with Gasteiger partial charge < -0.3 is 9.84 Å². The Morgan fingerprint density at radius 1 is 1.00 bits per heavy atom. The molecule has 0 aliphatic rings. The van der Waals surface area contributed by atoms with Crippen LogP contribution in [0, 0.1) is 0 Å².